The maximum Gasteiger partial charge on any atom is 0.422 e. The summed E-state index contributed by atoms with van der Waals surface area (Å²) in [5.74, 6) is -0.297. The van der Waals surface area contributed by atoms with Crippen molar-refractivity contribution in [3.05, 3.63) is 28.1 Å². The third-order valence-electron chi connectivity index (χ3n) is 3.43. The lowest BCUT2D eigenvalue weighted by molar-refractivity contribution is -0.138. The summed E-state index contributed by atoms with van der Waals surface area (Å²) in [6.45, 7) is 3.05. The zero-order chi connectivity index (χ0) is 16.7. The molecule has 0 atom stereocenters. The van der Waals surface area contributed by atoms with Gasteiger partial charge in [0.05, 0.1) is 6.61 Å². The molecular weight excluding hydrogens is 310 g/mol. The molecule has 0 saturated heterocycles. The third-order valence-corrected chi connectivity index (χ3v) is 3.43. The van der Waals surface area contributed by atoms with Crippen LogP contribution in [-0.2, 0) is 6.42 Å². The van der Waals surface area contributed by atoms with Gasteiger partial charge in [0.1, 0.15) is 11.3 Å². The molecule has 1 aromatic carbocycles. The van der Waals surface area contributed by atoms with Crippen molar-refractivity contribution in [1.82, 2.24) is 0 Å². The molecule has 1 aromatic rings. The average Bonchev–Trinajstić information content (AvgIpc) is 2.35. The van der Waals surface area contributed by atoms with Gasteiger partial charge in [-0.2, -0.15) is 26.3 Å². The van der Waals surface area contributed by atoms with Crippen LogP contribution in [0.5, 0.6) is 5.75 Å². The number of ether oxygens (including phenoxy) is 1. The first-order valence-corrected chi connectivity index (χ1v) is 6.64. The smallest absolute Gasteiger partial charge is 0.422 e. The van der Waals surface area contributed by atoms with Crippen LogP contribution in [-0.4, -0.2) is 19.0 Å². The highest BCUT2D eigenvalue weighted by Crippen LogP contribution is 2.39. The normalized spacial score (nSPS) is 15.1. The fraction of sp³-hybridized carbons (Fsp3) is 0.467. The van der Waals surface area contributed by atoms with Crippen molar-refractivity contribution in [2.24, 2.45) is 0 Å². The second-order valence-electron chi connectivity index (χ2n) is 5.30. The van der Waals surface area contributed by atoms with E-state index in [-0.39, 0.29) is 17.6 Å². The summed E-state index contributed by atoms with van der Waals surface area (Å²) in [5, 5.41) is -0.984. The monoisotopic (exact) mass is 324 g/mol. The van der Waals surface area contributed by atoms with E-state index in [1.165, 1.54) is 26.0 Å². The summed E-state index contributed by atoms with van der Waals surface area (Å²) >= 11 is 0. The molecule has 0 radical (unpaired) electrons. The molecule has 1 aliphatic heterocycles. The number of benzene rings is 1. The molecule has 1 heterocycles. The van der Waals surface area contributed by atoms with Gasteiger partial charge >= 0.3 is 12.4 Å². The second-order valence-corrected chi connectivity index (χ2v) is 5.30. The molecule has 7 heteroatoms. The number of hydrogen-bond donors (Lipinski definition) is 0. The topological polar surface area (TPSA) is 9.23 Å². The molecule has 0 saturated carbocycles. The van der Waals surface area contributed by atoms with Gasteiger partial charge in [-0.25, -0.2) is 0 Å². The minimum absolute atomic E-state index is 0.0923. The molecule has 0 unspecified atom stereocenters. The molecule has 0 aromatic heterocycles. The van der Waals surface area contributed by atoms with Crippen LogP contribution in [0, 0.1) is 0 Å². The van der Waals surface area contributed by atoms with E-state index in [1.54, 1.807) is 0 Å². The van der Waals surface area contributed by atoms with Gasteiger partial charge in [0, 0.05) is 5.22 Å². The first-order chi connectivity index (χ1) is 10.0. The Kier molecular flexibility index (Phi) is 4.19. The average molecular weight is 324 g/mol. The van der Waals surface area contributed by atoms with E-state index in [4.69, 9.17) is 4.74 Å². The number of hydrogen-bond acceptors (Lipinski definition) is 1. The Morgan fingerprint density at radius 1 is 1.00 bits per heavy atom. The predicted molar refractivity (Wildman–Crippen MR) is 69.8 cm³/mol. The molecule has 2 rings (SSSR count). The zero-order valence-corrected chi connectivity index (χ0v) is 12.0. The lowest BCUT2D eigenvalue weighted by atomic mass is 9.98. The molecule has 0 N–H and O–H groups in total. The summed E-state index contributed by atoms with van der Waals surface area (Å²) < 4.78 is 83.7. The van der Waals surface area contributed by atoms with Crippen molar-refractivity contribution >= 4 is 11.1 Å². The quantitative estimate of drug-likeness (QED) is 0.664. The Hall–Kier alpha value is -1.66. The number of aryl methyl sites for hydroxylation is 1. The lowest BCUT2D eigenvalue weighted by Gasteiger charge is -2.22. The Labute approximate surface area is 122 Å². The van der Waals surface area contributed by atoms with Crippen molar-refractivity contribution in [2.75, 3.05) is 6.61 Å². The third kappa shape index (κ3) is 3.08. The fourth-order valence-corrected chi connectivity index (χ4v) is 2.53. The Balaban J connectivity index is 3.11. The molecule has 0 bridgehead atoms. The highest BCUT2D eigenvalue weighted by molar-refractivity contribution is 5.62. The Morgan fingerprint density at radius 3 is 2.09 bits per heavy atom. The zero-order valence-electron chi connectivity index (χ0n) is 12.0. The van der Waals surface area contributed by atoms with Gasteiger partial charge in [-0.3, -0.25) is 0 Å². The molecule has 22 heavy (non-hydrogen) atoms. The number of alkyl halides is 6. The molecule has 1 nitrogen and oxygen atoms in total. The van der Waals surface area contributed by atoms with Crippen LogP contribution < -0.4 is 15.2 Å². The van der Waals surface area contributed by atoms with Gasteiger partial charge in [0.2, 0.25) is 0 Å². The number of halogens is 6. The summed E-state index contributed by atoms with van der Waals surface area (Å²) in [5.41, 5.74) is -1.77. The van der Waals surface area contributed by atoms with Crippen LogP contribution in [0.1, 0.15) is 25.8 Å². The van der Waals surface area contributed by atoms with Gasteiger partial charge < -0.3 is 4.74 Å². The first-order valence-electron chi connectivity index (χ1n) is 6.64. The minimum atomic E-state index is -5.52. The maximum atomic E-state index is 13.1. The molecule has 0 fully saturated rings. The standard InChI is InChI=1S/C15H14F6O/c1-8(2)10-6-5-9-4-3-7-22-12(9)11(10)13(14(16,17)18)15(19,20)21/h5-6H,3-4,7H2,1-2H3. The van der Waals surface area contributed by atoms with Crippen molar-refractivity contribution in [2.45, 2.75) is 39.0 Å². The van der Waals surface area contributed by atoms with E-state index in [1.807, 2.05) is 0 Å². The minimum Gasteiger partial charge on any atom is -0.493 e. The van der Waals surface area contributed by atoms with Crippen LogP contribution in [0.15, 0.2) is 12.1 Å². The highest BCUT2D eigenvalue weighted by atomic mass is 19.4. The molecule has 1 aliphatic rings. The largest absolute Gasteiger partial charge is 0.493 e. The van der Waals surface area contributed by atoms with Gasteiger partial charge in [0.25, 0.3) is 0 Å². The summed E-state index contributed by atoms with van der Waals surface area (Å²) in [6.07, 6.45) is -10.1. The number of rotatable bonds is 0. The molecular formula is C15H14F6O. The van der Waals surface area contributed by atoms with E-state index in [9.17, 15) is 26.3 Å². The Bertz CT molecular complexity index is 676. The first kappa shape index (κ1) is 16.7. The summed E-state index contributed by atoms with van der Waals surface area (Å²) in [6, 6.07) is 2.83. The van der Waals surface area contributed by atoms with E-state index < -0.39 is 23.1 Å². The van der Waals surface area contributed by atoms with Crippen LogP contribution >= 0.6 is 0 Å². The van der Waals surface area contributed by atoms with Crippen molar-refractivity contribution < 1.29 is 31.1 Å². The fourth-order valence-electron chi connectivity index (χ4n) is 2.53. The molecule has 0 spiro atoms. The summed E-state index contributed by atoms with van der Waals surface area (Å²) in [7, 11) is 0. The van der Waals surface area contributed by atoms with E-state index in [0.29, 0.717) is 24.0 Å². The number of fused-ring (bicyclic) bond motifs is 1. The Morgan fingerprint density at radius 2 is 1.59 bits per heavy atom. The maximum absolute atomic E-state index is 13.1. The van der Waals surface area contributed by atoms with Gasteiger partial charge in [0.15, 0.2) is 0 Å². The SMILES string of the molecule is CC(C)=c1ccc2c(c1=C(C(F)(F)F)C(F)(F)F)OCCC2. The van der Waals surface area contributed by atoms with Gasteiger partial charge in [-0.15, -0.1) is 0 Å². The highest BCUT2D eigenvalue weighted by Gasteiger charge is 2.52. The molecule has 122 valence electrons. The van der Waals surface area contributed by atoms with Gasteiger partial charge in [-0.1, -0.05) is 17.7 Å². The lowest BCUT2D eigenvalue weighted by Crippen LogP contribution is -2.41. The van der Waals surface area contributed by atoms with E-state index >= 15 is 0 Å². The van der Waals surface area contributed by atoms with Crippen LogP contribution in [0.2, 0.25) is 0 Å². The van der Waals surface area contributed by atoms with Crippen LogP contribution in [0.25, 0.3) is 11.1 Å². The summed E-state index contributed by atoms with van der Waals surface area (Å²) in [4.78, 5) is 0. The van der Waals surface area contributed by atoms with Crippen molar-refractivity contribution in [3.8, 4) is 5.75 Å². The van der Waals surface area contributed by atoms with Crippen LogP contribution in [0.3, 0.4) is 0 Å². The van der Waals surface area contributed by atoms with Crippen molar-refractivity contribution in [1.29, 1.82) is 0 Å². The van der Waals surface area contributed by atoms with Gasteiger partial charge in [-0.05, 0) is 37.5 Å². The van der Waals surface area contributed by atoms with E-state index in [2.05, 4.69) is 0 Å². The molecule has 0 amide bonds. The van der Waals surface area contributed by atoms with Crippen molar-refractivity contribution in [3.63, 3.8) is 0 Å². The second kappa shape index (κ2) is 5.52. The predicted octanol–water partition coefficient (Wildman–Crippen LogP) is 3.48. The van der Waals surface area contributed by atoms with E-state index in [0.717, 1.165) is 0 Å². The van der Waals surface area contributed by atoms with Crippen LogP contribution in [0.4, 0.5) is 26.3 Å². The molecule has 0 aliphatic carbocycles.